The summed E-state index contributed by atoms with van der Waals surface area (Å²) >= 11 is 0. The van der Waals surface area contributed by atoms with Crippen LogP contribution >= 0.6 is 0 Å². The summed E-state index contributed by atoms with van der Waals surface area (Å²) in [5, 5.41) is 0. The van der Waals surface area contributed by atoms with Gasteiger partial charge in [0.1, 0.15) is 11.5 Å². The van der Waals surface area contributed by atoms with Gasteiger partial charge < -0.3 is 4.74 Å². The van der Waals surface area contributed by atoms with Gasteiger partial charge in [0, 0.05) is 36.0 Å². The number of benzene rings is 2. The topological polar surface area (TPSA) is 9.23 Å². The van der Waals surface area contributed by atoms with Gasteiger partial charge in [0.2, 0.25) is 0 Å². The molecule has 2 aromatic carbocycles. The van der Waals surface area contributed by atoms with Gasteiger partial charge >= 0.3 is 0 Å². The van der Waals surface area contributed by atoms with Gasteiger partial charge in [-0.05, 0) is 23.3 Å². The molecular formula is C13H10NaO. The van der Waals surface area contributed by atoms with E-state index in [1.54, 1.807) is 0 Å². The van der Waals surface area contributed by atoms with Crippen molar-refractivity contribution in [3.8, 4) is 11.5 Å². The van der Waals surface area contributed by atoms with E-state index in [9.17, 15) is 0 Å². The molecule has 1 aliphatic rings. The van der Waals surface area contributed by atoms with Gasteiger partial charge in [0.25, 0.3) is 0 Å². The van der Waals surface area contributed by atoms with Gasteiger partial charge in [0.15, 0.2) is 0 Å². The normalized spacial score (nSPS) is 11.7. The first kappa shape index (κ1) is 10.7. The minimum absolute atomic E-state index is 0. The Morgan fingerprint density at radius 1 is 0.733 bits per heavy atom. The van der Waals surface area contributed by atoms with Crippen molar-refractivity contribution in [1.82, 2.24) is 0 Å². The first-order valence-electron chi connectivity index (χ1n) is 4.77. The number of hydrogen-bond donors (Lipinski definition) is 0. The van der Waals surface area contributed by atoms with Crippen molar-refractivity contribution in [2.45, 2.75) is 6.42 Å². The molecular weight excluding hydrogens is 195 g/mol. The van der Waals surface area contributed by atoms with Crippen LogP contribution in [0.15, 0.2) is 48.5 Å². The van der Waals surface area contributed by atoms with Crippen LogP contribution in [-0.2, 0) is 6.42 Å². The first-order chi connectivity index (χ1) is 6.93. The Labute approximate surface area is 111 Å². The molecule has 0 atom stereocenters. The van der Waals surface area contributed by atoms with Crippen molar-refractivity contribution in [2.75, 3.05) is 0 Å². The van der Waals surface area contributed by atoms with Gasteiger partial charge in [-0.3, -0.25) is 0 Å². The van der Waals surface area contributed by atoms with E-state index in [0.29, 0.717) is 0 Å². The molecule has 0 bridgehead atoms. The smallest absolute Gasteiger partial charge is 0.130 e. The number of hydrogen-bond acceptors (Lipinski definition) is 1. The second kappa shape index (κ2) is 4.40. The van der Waals surface area contributed by atoms with Crippen LogP contribution in [0.5, 0.6) is 11.5 Å². The molecule has 0 saturated carbocycles. The van der Waals surface area contributed by atoms with Crippen LogP contribution in [0.3, 0.4) is 0 Å². The van der Waals surface area contributed by atoms with Gasteiger partial charge in [-0.2, -0.15) is 0 Å². The zero-order valence-electron chi connectivity index (χ0n) is 8.73. The number of ether oxygens (including phenoxy) is 1. The van der Waals surface area contributed by atoms with Crippen molar-refractivity contribution in [3.63, 3.8) is 0 Å². The van der Waals surface area contributed by atoms with Crippen molar-refractivity contribution in [1.29, 1.82) is 0 Å². The maximum absolute atomic E-state index is 5.78. The van der Waals surface area contributed by atoms with Crippen LogP contribution in [-0.4, -0.2) is 29.6 Å². The minimum atomic E-state index is 0. The third kappa shape index (κ3) is 1.96. The molecule has 2 heteroatoms. The predicted octanol–water partition coefficient (Wildman–Crippen LogP) is 3.00. The molecule has 0 spiro atoms. The van der Waals surface area contributed by atoms with Crippen molar-refractivity contribution in [2.24, 2.45) is 0 Å². The van der Waals surface area contributed by atoms with E-state index in [-0.39, 0.29) is 29.6 Å². The largest absolute Gasteiger partial charge is 0.457 e. The molecule has 1 nitrogen and oxygen atoms in total. The van der Waals surface area contributed by atoms with E-state index in [0.717, 1.165) is 17.9 Å². The maximum atomic E-state index is 5.78. The van der Waals surface area contributed by atoms with Crippen LogP contribution in [0.25, 0.3) is 0 Å². The first-order valence-corrected chi connectivity index (χ1v) is 4.77. The molecule has 0 saturated heterocycles. The summed E-state index contributed by atoms with van der Waals surface area (Å²) in [6.07, 6.45) is 0.979. The monoisotopic (exact) mass is 205 g/mol. The molecule has 1 radical (unpaired) electrons. The van der Waals surface area contributed by atoms with Crippen LogP contribution in [0, 0.1) is 0 Å². The third-order valence-electron chi connectivity index (χ3n) is 2.55. The van der Waals surface area contributed by atoms with Crippen LogP contribution in [0.1, 0.15) is 11.1 Å². The molecule has 15 heavy (non-hydrogen) atoms. The molecule has 0 N–H and O–H groups in total. The van der Waals surface area contributed by atoms with Gasteiger partial charge in [-0.25, -0.2) is 0 Å². The summed E-state index contributed by atoms with van der Waals surface area (Å²) in [7, 11) is 0. The summed E-state index contributed by atoms with van der Waals surface area (Å²) in [6, 6.07) is 16.4. The fraction of sp³-hybridized carbons (Fsp3) is 0.0769. The predicted molar refractivity (Wildman–Crippen MR) is 61.5 cm³/mol. The van der Waals surface area contributed by atoms with E-state index >= 15 is 0 Å². The third-order valence-corrected chi connectivity index (χ3v) is 2.55. The maximum Gasteiger partial charge on any atom is 0.130 e. The van der Waals surface area contributed by atoms with E-state index in [1.165, 1.54) is 11.1 Å². The molecule has 1 aliphatic heterocycles. The summed E-state index contributed by atoms with van der Waals surface area (Å²) in [6.45, 7) is 0. The number of para-hydroxylation sites is 2. The molecule has 0 unspecified atom stereocenters. The van der Waals surface area contributed by atoms with Crippen molar-refractivity contribution >= 4 is 29.6 Å². The summed E-state index contributed by atoms with van der Waals surface area (Å²) in [5.74, 6) is 1.98. The standard InChI is InChI=1S/C13H10O.Na/c1-3-7-12-10(5-1)9-11-6-2-4-8-13(11)14-12;/h1-8H,9H2;. The molecule has 1 heterocycles. The number of fused-ring (bicyclic) bond motifs is 2. The van der Waals surface area contributed by atoms with Crippen LogP contribution < -0.4 is 4.74 Å². The second-order valence-electron chi connectivity index (χ2n) is 3.49. The van der Waals surface area contributed by atoms with Crippen molar-refractivity contribution < 1.29 is 4.74 Å². The van der Waals surface area contributed by atoms with Gasteiger partial charge in [-0.15, -0.1) is 0 Å². The quantitative estimate of drug-likeness (QED) is 0.512. The fourth-order valence-corrected chi connectivity index (χ4v) is 1.82. The molecule has 0 fully saturated rings. The zero-order valence-corrected chi connectivity index (χ0v) is 10.7. The molecule has 3 rings (SSSR count). The van der Waals surface area contributed by atoms with E-state index < -0.39 is 0 Å². The summed E-state index contributed by atoms with van der Waals surface area (Å²) < 4.78 is 5.78. The Bertz CT molecular complexity index is 392. The second-order valence-corrected chi connectivity index (χ2v) is 3.49. The Kier molecular flexibility index (Phi) is 3.15. The molecule has 0 aromatic heterocycles. The van der Waals surface area contributed by atoms with Crippen LogP contribution in [0.2, 0.25) is 0 Å². The minimum Gasteiger partial charge on any atom is -0.457 e. The SMILES string of the molecule is [Na].c1ccc2c(c1)Cc1ccccc1O2. The average molecular weight is 205 g/mol. The Hall–Kier alpha value is -0.760. The van der Waals surface area contributed by atoms with E-state index in [2.05, 4.69) is 24.3 Å². The number of rotatable bonds is 0. The van der Waals surface area contributed by atoms with Crippen molar-refractivity contribution in [3.05, 3.63) is 59.7 Å². The van der Waals surface area contributed by atoms with E-state index in [1.807, 2.05) is 24.3 Å². The van der Waals surface area contributed by atoms with Gasteiger partial charge in [-0.1, -0.05) is 36.4 Å². The molecule has 69 valence electrons. The summed E-state index contributed by atoms with van der Waals surface area (Å²) in [5.41, 5.74) is 2.54. The fourth-order valence-electron chi connectivity index (χ4n) is 1.82. The van der Waals surface area contributed by atoms with Crippen LogP contribution in [0.4, 0.5) is 0 Å². The molecule has 2 aromatic rings. The zero-order chi connectivity index (χ0) is 9.38. The molecule has 0 amide bonds. The summed E-state index contributed by atoms with van der Waals surface area (Å²) in [4.78, 5) is 0. The molecule has 0 aliphatic carbocycles. The average Bonchev–Trinajstić information content (AvgIpc) is 2.26. The Morgan fingerprint density at radius 2 is 1.20 bits per heavy atom. The Balaban J connectivity index is 0.000000853. The van der Waals surface area contributed by atoms with E-state index in [4.69, 9.17) is 4.74 Å². The van der Waals surface area contributed by atoms with Gasteiger partial charge in [0.05, 0.1) is 0 Å². The Morgan fingerprint density at radius 3 is 1.73 bits per heavy atom.